The van der Waals surface area contributed by atoms with Gasteiger partial charge in [0.05, 0.1) is 26.7 Å². The number of nitrogens with two attached hydrogens (primary N) is 1. The van der Waals surface area contributed by atoms with Crippen LogP contribution in [0, 0.1) is 0 Å². The molecule has 0 saturated heterocycles. The van der Waals surface area contributed by atoms with Crippen molar-refractivity contribution in [3.63, 3.8) is 0 Å². The van der Waals surface area contributed by atoms with E-state index in [2.05, 4.69) is 4.98 Å². The van der Waals surface area contributed by atoms with Gasteiger partial charge in [-0.25, -0.2) is 0 Å². The molecule has 20 heavy (non-hydrogen) atoms. The number of primary amides is 1. The molecule has 1 atom stereocenters. The Hall–Kier alpha value is -1.99. The number of hydrogen-bond acceptors (Lipinski definition) is 5. The number of nitrogens with zero attached hydrogens (tertiary/aromatic N) is 2. The Morgan fingerprint density at radius 3 is 2.35 bits per heavy atom. The largest absolute Gasteiger partial charge is 0.550 e. The van der Waals surface area contributed by atoms with Crippen LogP contribution in [-0.4, -0.2) is 60.2 Å². The second kappa shape index (κ2) is 8.23. The molecule has 1 aromatic heterocycles. The lowest BCUT2D eigenvalue weighted by molar-refractivity contribution is -0.873. The fourth-order valence-electron chi connectivity index (χ4n) is 1.40. The summed E-state index contributed by atoms with van der Waals surface area (Å²) in [6.45, 7) is 0.425. The van der Waals surface area contributed by atoms with E-state index in [4.69, 9.17) is 10.8 Å². The summed E-state index contributed by atoms with van der Waals surface area (Å²) in [5.41, 5.74) is 5.38. The molecule has 0 bridgehead atoms. The number of aromatic nitrogens is 1. The smallest absolute Gasteiger partial charge is 0.250 e. The predicted molar refractivity (Wildman–Crippen MR) is 71.3 cm³/mol. The van der Waals surface area contributed by atoms with Crippen molar-refractivity contribution in [3.8, 4) is 0 Å². The van der Waals surface area contributed by atoms with E-state index in [0.717, 1.165) is 0 Å². The summed E-state index contributed by atoms with van der Waals surface area (Å²) < 4.78 is 0.550. The van der Waals surface area contributed by atoms with Crippen LogP contribution in [0.15, 0.2) is 24.5 Å². The van der Waals surface area contributed by atoms with Crippen LogP contribution in [0.3, 0.4) is 0 Å². The number of quaternary nitrogens is 1. The molecule has 0 aliphatic rings. The maximum absolute atomic E-state index is 10.4. The quantitative estimate of drug-likeness (QED) is 0.630. The first-order valence-electron chi connectivity index (χ1n) is 6.00. The Morgan fingerprint density at radius 2 is 2.05 bits per heavy atom. The molecule has 1 amide bonds. The number of hydrogen-bond donors (Lipinski definition) is 2. The second-order valence-corrected chi connectivity index (χ2v) is 5.31. The Bertz CT molecular complexity index is 429. The number of carbonyl (C=O) groups is 2. The van der Waals surface area contributed by atoms with Crippen molar-refractivity contribution < 1.29 is 24.3 Å². The molecule has 0 aromatic carbocycles. The predicted octanol–water partition coefficient (Wildman–Crippen LogP) is -1.63. The van der Waals surface area contributed by atoms with Gasteiger partial charge in [0.2, 0.25) is 5.91 Å². The molecule has 7 heteroatoms. The van der Waals surface area contributed by atoms with E-state index < -0.39 is 18.0 Å². The van der Waals surface area contributed by atoms with Gasteiger partial charge in [0.1, 0.15) is 12.6 Å². The zero-order valence-corrected chi connectivity index (χ0v) is 11.9. The Morgan fingerprint density at radius 1 is 1.45 bits per heavy atom. The highest BCUT2D eigenvalue weighted by atomic mass is 16.4. The lowest BCUT2D eigenvalue weighted by atomic mass is 10.2. The highest BCUT2D eigenvalue weighted by Crippen LogP contribution is 1.97. The van der Waals surface area contributed by atoms with Gasteiger partial charge in [-0.15, -0.1) is 0 Å². The molecule has 0 spiro atoms. The number of aliphatic hydroxyl groups is 1. The van der Waals surface area contributed by atoms with Crippen molar-refractivity contribution in [2.45, 2.75) is 12.5 Å². The van der Waals surface area contributed by atoms with Gasteiger partial charge in [-0.1, -0.05) is 0 Å². The van der Waals surface area contributed by atoms with E-state index in [0.29, 0.717) is 16.6 Å². The van der Waals surface area contributed by atoms with Crippen molar-refractivity contribution in [2.75, 3.05) is 27.7 Å². The molecule has 0 aliphatic carbocycles. The first-order chi connectivity index (χ1) is 9.11. The number of pyridine rings is 1. The highest BCUT2D eigenvalue weighted by Gasteiger charge is 2.14. The zero-order valence-electron chi connectivity index (χ0n) is 11.9. The van der Waals surface area contributed by atoms with E-state index in [-0.39, 0.29) is 6.42 Å². The first kappa shape index (κ1) is 18.0. The first-order valence-corrected chi connectivity index (χ1v) is 6.00. The van der Waals surface area contributed by atoms with Gasteiger partial charge in [0, 0.05) is 24.8 Å². The summed E-state index contributed by atoms with van der Waals surface area (Å²) in [6.07, 6.45) is 1.93. The Kier molecular flexibility index (Phi) is 7.42. The summed E-state index contributed by atoms with van der Waals surface area (Å²) in [5.74, 6) is -1.64. The average Bonchev–Trinajstić information content (AvgIpc) is 2.27. The minimum atomic E-state index is -1.20. The number of aliphatic carboxylic acids is 1. The summed E-state index contributed by atoms with van der Waals surface area (Å²) >= 11 is 0. The molecule has 3 N–H and O–H groups in total. The molecular weight excluding hydrogens is 262 g/mol. The molecule has 7 nitrogen and oxygen atoms in total. The fraction of sp³-hybridized carbons (Fsp3) is 0.462. The molecular formula is C13H21N3O4. The number of carboxylic acid groups (broad SMARTS) is 1. The molecule has 1 rings (SSSR count). The van der Waals surface area contributed by atoms with Crippen LogP contribution >= 0.6 is 0 Å². The van der Waals surface area contributed by atoms with Crippen LogP contribution in [0.1, 0.15) is 16.8 Å². The number of carbonyl (C=O) groups excluding carboxylic acids is 2. The topological polar surface area (TPSA) is 116 Å². The molecule has 1 aromatic rings. The van der Waals surface area contributed by atoms with Gasteiger partial charge in [-0.05, 0) is 12.1 Å². The normalized spacial score (nSPS) is 12.0. The minimum Gasteiger partial charge on any atom is -0.550 e. The summed E-state index contributed by atoms with van der Waals surface area (Å²) in [6, 6.07) is 3.29. The van der Waals surface area contributed by atoms with Gasteiger partial charge in [-0.3, -0.25) is 9.78 Å². The lowest BCUT2D eigenvalue weighted by Gasteiger charge is -2.26. The van der Waals surface area contributed by atoms with Gasteiger partial charge in [0.15, 0.2) is 0 Å². The molecule has 112 valence electrons. The highest BCUT2D eigenvalue weighted by molar-refractivity contribution is 5.92. The summed E-state index contributed by atoms with van der Waals surface area (Å²) in [5, 5.41) is 19.1. The molecule has 0 saturated carbocycles. The SMILES string of the molecule is C[N+](C)(C)C[C@H](O)CC(=O)[O-].NC(=O)c1cccnc1. The maximum atomic E-state index is 10.4. The molecule has 0 aliphatic heterocycles. The van der Waals surface area contributed by atoms with Crippen molar-refractivity contribution in [2.24, 2.45) is 5.73 Å². The Balaban J connectivity index is 0.000000367. The van der Waals surface area contributed by atoms with Crippen molar-refractivity contribution >= 4 is 11.9 Å². The van der Waals surface area contributed by atoms with Crippen molar-refractivity contribution in [3.05, 3.63) is 30.1 Å². The summed E-state index contributed by atoms with van der Waals surface area (Å²) in [4.78, 5) is 24.1. The van der Waals surface area contributed by atoms with Crippen molar-refractivity contribution in [1.29, 1.82) is 0 Å². The number of aliphatic hydroxyl groups excluding tert-OH is 1. The van der Waals surface area contributed by atoms with Gasteiger partial charge >= 0.3 is 0 Å². The van der Waals surface area contributed by atoms with Gasteiger partial charge < -0.3 is 25.2 Å². The third-order valence-corrected chi connectivity index (χ3v) is 2.11. The van der Waals surface area contributed by atoms with E-state index in [1.807, 2.05) is 21.1 Å². The molecule has 0 radical (unpaired) electrons. The minimum absolute atomic E-state index is 0.282. The van der Waals surface area contributed by atoms with Crippen LogP contribution in [0.2, 0.25) is 0 Å². The second-order valence-electron chi connectivity index (χ2n) is 5.31. The van der Waals surface area contributed by atoms with Gasteiger partial charge in [0.25, 0.3) is 0 Å². The van der Waals surface area contributed by atoms with E-state index in [1.165, 1.54) is 6.20 Å². The van der Waals surface area contributed by atoms with Gasteiger partial charge in [-0.2, -0.15) is 0 Å². The standard InChI is InChI=1S/C7H15NO3.C6H6N2O/c1-8(2,3)5-6(9)4-7(10)11;7-6(9)5-2-1-3-8-4-5/h6,9H,4-5H2,1-3H3;1-4H,(H2,7,9)/t6-;/m1./s1. The number of amides is 1. The van der Waals surface area contributed by atoms with Crippen LogP contribution in [0.25, 0.3) is 0 Å². The monoisotopic (exact) mass is 283 g/mol. The van der Waals surface area contributed by atoms with Crippen LogP contribution in [-0.2, 0) is 4.79 Å². The van der Waals surface area contributed by atoms with E-state index >= 15 is 0 Å². The molecule has 1 heterocycles. The van der Waals surface area contributed by atoms with E-state index in [1.54, 1.807) is 18.3 Å². The number of likely N-dealkylation sites (N-methyl/N-ethyl adjacent to an activating group) is 1. The Labute approximate surface area is 118 Å². The molecule has 0 unspecified atom stereocenters. The van der Waals surface area contributed by atoms with Crippen molar-refractivity contribution in [1.82, 2.24) is 4.98 Å². The number of rotatable bonds is 5. The maximum Gasteiger partial charge on any atom is 0.250 e. The third kappa shape index (κ3) is 9.98. The zero-order chi connectivity index (χ0) is 15.8. The average molecular weight is 283 g/mol. The van der Waals surface area contributed by atoms with Crippen LogP contribution < -0.4 is 10.8 Å². The van der Waals surface area contributed by atoms with Crippen LogP contribution in [0.4, 0.5) is 0 Å². The number of carboxylic acids is 1. The summed E-state index contributed by atoms with van der Waals surface area (Å²) in [7, 11) is 5.66. The lowest BCUT2D eigenvalue weighted by Crippen LogP contribution is -2.43. The molecule has 0 fully saturated rings. The third-order valence-electron chi connectivity index (χ3n) is 2.11. The fourth-order valence-corrected chi connectivity index (χ4v) is 1.40. The van der Waals surface area contributed by atoms with E-state index in [9.17, 15) is 14.7 Å². The van der Waals surface area contributed by atoms with Crippen LogP contribution in [0.5, 0.6) is 0 Å².